The Morgan fingerprint density at radius 1 is 1.59 bits per heavy atom. The number of ether oxygens (including phenoxy) is 1. The van der Waals surface area contributed by atoms with E-state index in [0.29, 0.717) is 5.92 Å². The highest BCUT2D eigenvalue weighted by atomic mass is 32.1. The summed E-state index contributed by atoms with van der Waals surface area (Å²) >= 11 is 1.67. The minimum atomic E-state index is -0.248. The second-order valence-corrected chi connectivity index (χ2v) is 6.22. The summed E-state index contributed by atoms with van der Waals surface area (Å²) in [6.07, 6.45) is 3.65. The standard InChI is InChI=1S/C13H19NO2S/c1-9(2)6-10-8-17-11(14-10)7-13(4-5-13)12(15)16-3/h8-9H,4-7H2,1-3H3. The second kappa shape index (κ2) is 4.77. The van der Waals surface area contributed by atoms with Crippen LogP contribution in [-0.4, -0.2) is 18.1 Å². The van der Waals surface area contributed by atoms with E-state index >= 15 is 0 Å². The Kier molecular flexibility index (Phi) is 3.52. The molecular formula is C13H19NO2S. The van der Waals surface area contributed by atoms with Gasteiger partial charge in [0.05, 0.1) is 23.2 Å². The number of aromatic nitrogens is 1. The SMILES string of the molecule is COC(=O)C1(Cc2nc(CC(C)C)cs2)CC1. The van der Waals surface area contributed by atoms with Crippen LogP contribution in [0, 0.1) is 11.3 Å². The zero-order valence-electron chi connectivity index (χ0n) is 10.7. The number of carbonyl (C=O) groups excluding carboxylic acids is 1. The zero-order valence-corrected chi connectivity index (χ0v) is 11.5. The Labute approximate surface area is 106 Å². The number of methoxy groups -OCH3 is 1. The summed E-state index contributed by atoms with van der Waals surface area (Å²) < 4.78 is 4.86. The maximum atomic E-state index is 11.6. The predicted octanol–water partition coefficient (Wildman–Crippen LogP) is 2.84. The third-order valence-corrected chi connectivity index (χ3v) is 4.08. The van der Waals surface area contributed by atoms with Gasteiger partial charge in [-0.2, -0.15) is 0 Å². The molecule has 0 bridgehead atoms. The summed E-state index contributed by atoms with van der Waals surface area (Å²) in [5.41, 5.74) is 0.905. The van der Waals surface area contributed by atoms with Gasteiger partial charge >= 0.3 is 5.97 Å². The van der Waals surface area contributed by atoms with Gasteiger partial charge in [-0.05, 0) is 25.2 Å². The highest BCUT2D eigenvalue weighted by molar-refractivity contribution is 7.09. The van der Waals surface area contributed by atoms with Gasteiger partial charge in [0.1, 0.15) is 0 Å². The molecule has 3 nitrogen and oxygen atoms in total. The van der Waals surface area contributed by atoms with Gasteiger partial charge in [0, 0.05) is 11.8 Å². The molecule has 17 heavy (non-hydrogen) atoms. The van der Waals surface area contributed by atoms with Crippen LogP contribution in [0.25, 0.3) is 0 Å². The molecule has 0 aliphatic heterocycles. The summed E-state index contributed by atoms with van der Waals surface area (Å²) in [7, 11) is 1.47. The van der Waals surface area contributed by atoms with Crippen LogP contribution >= 0.6 is 11.3 Å². The van der Waals surface area contributed by atoms with Crippen LogP contribution in [-0.2, 0) is 22.4 Å². The number of esters is 1. The molecular weight excluding hydrogens is 234 g/mol. The number of nitrogens with zero attached hydrogens (tertiary/aromatic N) is 1. The molecule has 0 N–H and O–H groups in total. The maximum Gasteiger partial charge on any atom is 0.312 e. The van der Waals surface area contributed by atoms with Gasteiger partial charge in [-0.15, -0.1) is 11.3 Å². The van der Waals surface area contributed by atoms with E-state index in [4.69, 9.17) is 4.74 Å². The molecule has 0 saturated heterocycles. The molecule has 4 heteroatoms. The molecule has 1 aliphatic rings. The van der Waals surface area contributed by atoms with E-state index in [9.17, 15) is 4.79 Å². The van der Waals surface area contributed by atoms with E-state index in [1.54, 1.807) is 11.3 Å². The van der Waals surface area contributed by atoms with Crippen molar-refractivity contribution >= 4 is 17.3 Å². The van der Waals surface area contributed by atoms with Crippen molar-refractivity contribution in [3.63, 3.8) is 0 Å². The van der Waals surface area contributed by atoms with Crippen molar-refractivity contribution in [2.45, 2.75) is 39.5 Å². The molecule has 94 valence electrons. The van der Waals surface area contributed by atoms with Crippen molar-refractivity contribution in [1.82, 2.24) is 4.98 Å². The van der Waals surface area contributed by atoms with Crippen LogP contribution in [0.2, 0.25) is 0 Å². The normalized spacial score (nSPS) is 17.2. The highest BCUT2D eigenvalue weighted by Crippen LogP contribution is 2.49. The largest absolute Gasteiger partial charge is 0.469 e. The average molecular weight is 253 g/mol. The Morgan fingerprint density at radius 2 is 2.29 bits per heavy atom. The van der Waals surface area contributed by atoms with Gasteiger partial charge in [-0.1, -0.05) is 13.8 Å². The van der Waals surface area contributed by atoms with Crippen LogP contribution in [0.15, 0.2) is 5.38 Å². The first-order chi connectivity index (χ1) is 8.05. The van der Waals surface area contributed by atoms with Crippen LogP contribution in [0.3, 0.4) is 0 Å². The molecule has 0 aromatic carbocycles. The molecule has 0 unspecified atom stereocenters. The molecule has 1 aromatic rings. The number of thiazole rings is 1. The van der Waals surface area contributed by atoms with Crippen molar-refractivity contribution in [2.75, 3.05) is 7.11 Å². The van der Waals surface area contributed by atoms with Crippen LogP contribution in [0.5, 0.6) is 0 Å². The third kappa shape index (κ3) is 2.86. The molecule has 1 heterocycles. The van der Waals surface area contributed by atoms with E-state index in [1.165, 1.54) is 7.11 Å². The van der Waals surface area contributed by atoms with Crippen LogP contribution in [0.1, 0.15) is 37.4 Å². The monoisotopic (exact) mass is 253 g/mol. The minimum absolute atomic E-state index is 0.0712. The Balaban J connectivity index is 2.00. The van der Waals surface area contributed by atoms with E-state index in [1.807, 2.05) is 0 Å². The van der Waals surface area contributed by atoms with Crippen LogP contribution < -0.4 is 0 Å². The smallest absolute Gasteiger partial charge is 0.312 e. The Bertz CT molecular complexity index is 407. The third-order valence-electron chi connectivity index (χ3n) is 3.18. The van der Waals surface area contributed by atoms with E-state index in [0.717, 1.165) is 36.4 Å². The van der Waals surface area contributed by atoms with Crippen molar-refractivity contribution in [3.8, 4) is 0 Å². The van der Waals surface area contributed by atoms with Crippen LogP contribution in [0.4, 0.5) is 0 Å². The van der Waals surface area contributed by atoms with Gasteiger partial charge in [-0.3, -0.25) is 4.79 Å². The molecule has 0 amide bonds. The lowest BCUT2D eigenvalue weighted by molar-refractivity contribution is -0.147. The fraction of sp³-hybridized carbons (Fsp3) is 0.692. The summed E-state index contributed by atoms with van der Waals surface area (Å²) in [4.78, 5) is 16.2. The summed E-state index contributed by atoms with van der Waals surface area (Å²) in [5, 5.41) is 3.19. The maximum absolute atomic E-state index is 11.6. The van der Waals surface area contributed by atoms with Crippen molar-refractivity contribution in [3.05, 3.63) is 16.1 Å². The first-order valence-corrected chi connectivity index (χ1v) is 6.95. The first-order valence-electron chi connectivity index (χ1n) is 6.07. The molecule has 1 saturated carbocycles. The summed E-state index contributed by atoms with van der Waals surface area (Å²) in [5.74, 6) is 0.554. The number of hydrogen-bond acceptors (Lipinski definition) is 4. The molecule has 0 spiro atoms. The molecule has 1 aromatic heterocycles. The van der Waals surface area contributed by atoms with E-state index < -0.39 is 0 Å². The molecule has 2 rings (SSSR count). The highest BCUT2D eigenvalue weighted by Gasteiger charge is 2.51. The summed E-state index contributed by atoms with van der Waals surface area (Å²) in [6.45, 7) is 4.38. The van der Waals surface area contributed by atoms with Gasteiger partial charge in [0.25, 0.3) is 0 Å². The lowest BCUT2D eigenvalue weighted by atomic mass is 10.0. The predicted molar refractivity (Wildman–Crippen MR) is 68.0 cm³/mol. The number of rotatable bonds is 5. The Hall–Kier alpha value is -0.900. The van der Waals surface area contributed by atoms with Crippen molar-refractivity contribution in [2.24, 2.45) is 11.3 Å². The molecule has 1 fully saturated rings. The zero-order chi connectivity index (χ0) is 12.5. The van der Waals surface area contributed by atoms with Gasteiger partial charge < -0.3 is 4.74 Å². The lowest BCUT2D eigenvalue weighted by Crippen LogP contribution is -2.19. The Morgan fingerprint density at radius 3 is 2.82 bits per heavy atom. The van der Waals surface area contributed by atoms with Crippen molar-refractivity contribution in [1.29, 1.82) is 0 Å². The van der Waals surface area contributed by atoms with Gasteiger partial charge in [0.2, 0.25) is 0 Å². The molecule has 1 aliphatic carbocycles. The van der Waals surface area contributed by atoms with Gasteiger partial charge in [-0.25, -0.2) is 4.98 Å². The number of carbonyl (C=O) groups is 1. The fourth-order valence-corrected chi connectivity index (χ4v) is 3.00. The first kappa shape index (κ1) is 12.6. The summed E-state index contributed by atoms with van der Waals surface area (Å²) in [6, 6.07) is 0. The quantitative estimate of drug-likeness (QED) is 0.757. The lowest BCUT2D eigenvalue weighted by Gasteiger charge is -2.09. The second-order valence-electron chi connectivity index (χ2n) is 5.28. The molecule has 0 radical (unpaired) electrons. The average Bonchev–Trinajstić information content (AvgIpc) is 2.93. The van der Waals surface area contributed by atoms with Crippen molar-refractivity contribution < 1.29 is 9.53 Å². The molecule has 0 atom stereocenters. The van der Waals surface area contributed by atoms with Gasteiger partial charge in [0.15, 0.2) is 0 Å². The number of hydrogen-bond donors (Lipinski definition) is 0. The van der Waals surface area contributed by atoms with E-state index in [2.05, 4.69) is 24.2 Å². The van der Waals surface area contributed by atoms with E-state index in [-0.39, 0.29) is 11.4 Å². The minimum Gasteiger partial charge on any atom is -0.469 e. The topological polar surface area (TPSA) is 39.2 Å². The fourth-order valence-electron chi connectivity index (χ4n) is 2.05.